The van der Waals surface area contributed by atoms with Gasteiger partial charge in [0.1, 0.15) is 6.29 Å². The van der Waals surface area contributed by atoms with E-state index in [-0.39, 0.29) is 40.9 Å². The molecule has 0 heterocycles. The number of para-hydroxylation sites is 1. The van der Waals surface area contributed by atoms with Gasteiger partial charge in [-0.2, -0.15) is 0 Å². The minimum Gasteiger partial charge on any atom is -0.872 e. The van der Waals surface area contributed by atoms with E-state index in [0.717, 1.165) is 0 Å². The fraction of sp³-hybridized carbons (Fsp3) is 0. The van der Waals surface area contributed by atoms with Crippen LogP contribution in [0, 0.1) is 0 Å². The summed E-state index contributed by atoms with van der Waals surface area (Å²) in [6, 6.07) is 6.12. The summed E-state index contributed by atoms with van der Waals surface area (Å²) in [4.78, 5) is 10.0. The van der Waals surface area contributed by atoms with Gasteiger partial charge in [0, 0.05) is 5.56 Å². The first-order chi connectivity index (χ1) is 4.34. The van der Waals surface area contributed by atoms with E-state index in [2.05, 4.69) is 0 Å². The maximum atomic E-state index is 10.6. The third kappa shape index (κ3) is 2.14. The summed E-state index contributed by atoms with van der Waals surface area (Å²) < 4.78 is 0. The molecule has 2 nitrogen and oxygen atoms in total. The Bertz CT molecular complexity index is 223. The first-order valence-corrected chi connectivity index (χ1v) is 2.56. The van der Waals surface area contributed by atoms with Crippen molar-refractivity contribution in [2.75, 3.05) is 0 Å². The molecule has 0 N–H and O–H groups in total. The molecule has 0 spiro atoms. The van der Waals surface area contributed by atoms with Gasteiger partial charge in [-0.25, -0.2) is 0 Å². The first-order valence-electron chi connectivity index (χ1n) is 2.56. The number of benzene rings is 1. The van der Waals surface area contributed by atoms with Crippen molar-refractivity contribution >= 4 is 6.29 Å². The van der Waals surface area contributed by atoms with E-state index in [9.17, 15) is 9.90 Å². The third-order valence-electron chi connectivity index (χ3n) is 1.05. The summed E-state index contributed by atoms with van der Waals surface area (Å²) in [5.74, 6) is -0.215. The SMILES string of the molecule is O=Cc1ccccc1[O-].[Na+]. The Balaban J connectivity index is 0.000000810. The monoisotopic (exact) mass is 144 g/mol. The number of hydrogen-bond acceptors (Lipinski definition) is 2. The molecule has 0 aliphatic carbocycles. The molecule has 46 valence electrons. The fourth-order valence-corrected chi connectivity index (χ4v) is 0.578. The van der Waals surface area contributed by atoms with Crippen molar-refractivity contribution in [3.8, 4) is 5.75 Å². The molecular weight excluding hydrogens is 139 g/mol. The van der Waals surface area contributed by atoms with Crippen LogP contribution >= 0.6 is 0 Å². The normalized spacial score (nSPS) is 8.00. The molecule has 1 aromatic carbocycles. The van der Waals surface area contributed by atoms with Gasteiger partial charge in [0.15, 0.2) is 0 Å². The molecule has 0 saturated heterocycles. The molecule has 0 fully saturated rings. The summed E-state index contributed by atoms with van der Waals surface area (Å²) in [5.41, 5.74) is 0.220. The van der Waals surface area contributed by atoms with Crippen LogP contribution in [0.1, 0.15) is 10.4 Å². The van der Waals surface area contributed by atoms with Crippen LogP contribution in [0.3, 0.4) is 0 Å². The standard InChI is InChI=1S/C7H6O2.Na/c8-5-6-3-1-2-4-7(6)9;/h1-5,9H;/q;+1/p-1. The summed E-state index contributed by atoms with van der Waals surface area (Å²) in [6.07, 6.45) is 0.558. The Morgan fingerprint density at radius 3 is 2.30 bits per heavy atom. The average molecular weight is 144 g/mol. The maximum Gasteiger partial charge on any atom is 1.00 e. The molecule has 3 heteroatoms. The second kappa shape index (κ2) is 4.50. The molecule has 1 aromatic rings. The van der Waals surface area contributed by atoms with E-state index in [0.29, 0.717) is 6.29 Å². The second-order valence-corrected chi connectivity index (χ2v) is 1.66. The molecule has 10 heavy (non-hydrogen) atoms. The van der Waals surface area contributed by atoms with Crippen molar-refractivity contribution in [2.24, 2.45) is 0 Å². The maximum absolute atomic E-state index is 10.6. The molecule has 0 unspecified atom stereocenters. The van der Waals surface area contributed by atoms with Crippen LogP contribution in [0.15, 0.2) is 24.3 Å². The quantitative estimate of drug-likeness (QED) is 0.325. The van der Waals surface area contributed by atoms with Gasteiger partial charge in [0.25, 0.3) is 0 Å². The van der Waals surface area contributed by atoms with Crippen molar-refractivity contribution in [3.63, 3.8) is 0 Å². The van der Waals surface area contributed by atoms with Crippen molar-refractivity contribution < 1.29 is 39.5 Å². The van der Waals surface area contributed by atoms with E-state index < -0.39 is 0 Å². The van der Waals surface area contributed by atoms with Crippen molar-refractivity contribution in [1.29, 1.82) is 0 Å². The predicted octanol–water partition coefficient (Wildman–Crippen LogP) is -2.42. The zero-order valence-corrected chi connectivity index (χ0v) is 7.70. The van der Waals surface area contributed by atoms with Crippen LogP contribution in [-0.2, 0) is 0 Å². The summed E-state index contributed by atoms with van der Waals surface area (Å²) in [6.45, 7) is 0. The van der Waals surface area contributed by atoms with E-state index in [4.69, 9.17) is 0 Å². The van der Waals surface area contributed by atoms with E-state index in [1.54, 1.807) is 12.1 Å². The largest absolute Gasteiger partial charge is 1.00 e. The number of carbonyl (C=O) groups excluding carboxylic acids is 1. The van der Waals surface area contributed by atoms with E-state index >= 15 is 0 Å². The first kappa shape index (κ1) is 9.69. The van der Waals surface area contributed by atoms with Gasteiger partial charge < -0.3 is 5.11 Å². The van der Waals surface area contributed by atoms with Gasteiger partial charge in [-0.15, -0.1) is 0 Å². The molecule has 1 rings (SSSR count). The molecule has 0 bridgehead atoms. The van der Waals surface area contributed by atoms with Crippen LogP contribution in [0.4, 0.5) is 0 Å². The Labute approximate surface area is 81.2 Å². The molecule has 0 radical (unpaired) electrons. The predicted molar refractivity (Wildman–Crippen MR) is 31.3 cm³/mol. The molecule has 0 aliphatic heterocycles. The van der Waals surface area contributed by atoms with Crippen LogP contribution in [0.5, 0.6) is 5.75 Å². The number of aldehydes is 1. The minimum absolute atomic E-state index is 0. The Morgan fingerprint density at radius 2 is 1.90 bits per heavy atom. The third-order valence-corrected chi connectivity index (χ3v) is 1.05. The van der Waals surface area contributed by atoms with Crippen LogP contribution in [-0.4, -0.2) is 6.29 Å². The van der Waals surface area contributed by atoms with Crippen molar-refractivity contribution in [2.45, 2.75) is 0 Å². The molecule has 0 atom stereocenters. The van der Waals surface area contributed by atoms with Gasteiger partial charge in [0.2, 0.25) is 0 Å². The zero-order chi connectivity index (χ0) is 6.69. The van der Waals surface area contributed by atoms with E-state index in [1.165, 1.54) is 12.1 Å². The Morgan fingerprint density at radius 1 is 1.30 bits per heavy atom. The van der Waals surface area contributed by atoms with Gasteiger partial charge in [0.05, 0.1) is 0 Å². The van der Waals surface area contributed by atoms with Crippen LogP contribution < -0.4 is 34.7 Å². The van der Waals surface area contributed by atoms with Crippen molar-refractivity contribution in [3.05, 3.63) is 29.8 Å². The van der Waals surface area contributed by atoms with Gasteiger partial charge in [-0.05, 0) is 0 Å². The fourth-order valence-electron chi connectivity index (χ4n) is 0.578. The summed E-state index contributed by atoms with van der Waals surface area (Å²) in [7, 11) is 0. The minimum atomic E-state index is -0.215. The second-order valence-electron chi connectivity index (χ2n) is 1.66. The van der Waals surface area contributed by atoms with Crippen LogP contribution in [0.25, 0.3) is 0 Å². The average Bonchev–Trinajstić information content (AvgIpc) is 1.89. The molecule has 0 aromatic heterocycles. The zero-order valence-electron chi connectivity index (χ0n) is 5.70. The molecule has 0 saturated carbocycles. The van der Waals surface area contributed by atoms with Gasteiger partial charge >= 0.3 is 29.6 Å². The Kier molecular flexibility index (Phi) is 4.36. The molecule has 0 amide bonds. The topological polar surface area (TPSA) is 40.1 Å². The number of hydrogen-bond donors (Lipinski definition) is 0. The van der Waals surface area contributed by atoms with Gasteiger partial charge in [-0.3, -0.25) is 4.79 Å². The summed E-state index contributed by atoms with van der Waals surface area (Å²) in [5, 5.41) is 10.6. The number of rotatable bonds is 1. The van der Waals surface area contributed by atoms with Gasteiger partial charge in [-0.1, -0.05) is 30.0 Å². The van der Waals surface area contributed by atoms with E-state index in [1.807, 2.05) is 0 Å². The Hall–Kier alpha value is -0.310. The van der Waals surface area contributed by atoms with Crippen LogP contribution in [0.2, 0.25) is 0 Å². The van der Waals surface area contributed by atoms with Crippen molar-refractivity contribution in [1.82, 2.24) is 0 Å². The molecular formula is C7H5NaO2. The smallest absolute Gasteiger partial charge is 0.872 e. The summed E-state index contributed by atoms with van der Waals surface area (Å²) >= 11 is 0. The number of carbonyl (C=O) groups is 1. The molecule has 0 aliphatic rings.